The maximum Gasteiger partial charge on any atom is 0.226 e. The molecule has 1 aromatic carbocycles. The molecule has 152 valence electrons. The highest BCUT2D eigenvalue weighted by Crippen LogP contribution is 2.18. The van der Waals surface area contributed by atoms with Crippen molar-refractivity contribution in [1.82, 2.24) is 15.6 Å². The summed E-state index contributed by atoms with van der Waals surface area (Å²) >= 11 is 5.90. The number of aromatic nitrogens is 1. The summed E-state index contributed by atoms with van der Waals surface area (Å²) in [6.45, 7) is 7.93. The summed E-state index contributed by atoms with van der Waals surface area (Å²) in [6.07, 6.45) is 3.81. The quantitative estimate of drug-likeness (QED) is 0.327. The van der Waals surface area contributed by atoms with E-state index in [9.17, 15) is 4.79 Å². The van der Waals surface area contributed by atoms with Crippen LogP contribution >= 0.6 is 11.6 Å². The lowest BCUT2D eigenvalue weighted by Crippen LogP contribution is -2.55. The summed E-state index contributed by atoms with van der Waals surface area (Å²) in [5, 5.41) is 16.0. The Morgan fingerprint density at radius 3 is 2.48 bits per heavy atom. The topological polar surface area (TPSA) is 90.2 Å². The van der Waals surface area contributed by atoms with Gasteiger partial charge in [-0.3, -0.25) is 9.78 Å². The van der Waals surface area contributed by atoms with Gasteiger partial charge in [0, 0.05) is 28.7 Å². The van der Waals surface area contributed by atoms with Crippen molar-refractivity contribution in [2.45, 2.75) is 46.7 Å². The zero-order chi connectivity index (χ0) is 21.4. The van der Waals surface area contributed by atoms with Crippen LogP contribution in [-0.4, -0.2) is 22.9 Å². The normalized spacial score (nSPS) is 12.8. The van der Waals surface area contributed by atoms with Crippen LogP contribution in [0, 0.1) is 23.8 Å². The minimum Gasteiger partial charge on any atom is -0.352 e. The molecular formula is C22H26ClN5O. The lowest BCUT2D eigenvalue weighted by Gasteiger charge is -2.33. The summed E-state index contributed by atoms with van der Waals surface area (Å²) in [5.41, 5.74) is 2.40. The van der Waals surface area contributed by atoms with Gasteiger partial charge in [-0.2, -0.15) is 10.3 Å². The van der Waals surface area contributed by atoms with Crippen molar-refractivity contribution in [1.29, 1.82) is 5.26 Å². The number of nitrogens with zero attached hydrogens (tertiary/aromatic N) is 3. The van der Waals surface area contributed by atoms with Crippen molar-refractivity contribution >= 4 is 23.3 Å². The van der Waals surface area contributed by atoms with E-state index in [1.807, 2.05) is 58.2 Å². The van der Waals surface area contributed by atoms with Crippen LogP contribution in [0.25, 0.3) is 0 Å². The van der Waals surface area contributed by atoms with E-state index in [2.05, 4.69) is 20.6 Å². The third-order valence-electron chi connectivity index (χ3n) is 4.42. The van der Waals surface area contributed by atoms with Crippen LogP contribution in [0.15, 0.2) is 47.6 Å². The van der Waals surface area contributed by atoms with E-state index >= 15 is 0 Å². The van der Waals surface area contributed by atoms with Gasteiger partial charge < -0.3 is 10.6 Å². The summed E-state index contributed by atoms with van der Waals surface area (Å²) in [7, 11) is 0. The highest BCUT2D eigenvalue weighted by Gasteiger charge is 2.27. The summed E-state index contributed by atoms with van der Waals surface area (Å²) in [6, 6.07) is 11.0. The summed E-state index contributed by atoms with van der Waals surface area (Å²) < 4.78 is 0. The Labute approximate surface area is 177 Å². The second-order valence-electron chi connectivity index (χ2n) is 7.90. The molecule has 0 saturated heterocycles. The van der Waals surface area contributed by atoms with Crippen molar-refractivity contribution in [3.05, 3.63) is 64.4 Å². The monoisotopic (exact) mass is 411 g/mol. The smallest absolute Gasteiger partial charge is 0.226 e. The van der Waals surface area contributed by atoms with E-state index < -0.39 is 6.17 Å². The molecule has 0 spiro atoms. The number of aliphatic imine (C=N–C) groups is 1. The number of hydrogen-bond acceptors (Lipinski definition) is 4. The van der Waals surface area contributed by atoms with Crippen LogP contribution in [0.4, 0.5) is 0 Å². The molecular weight excluding hydrogens is 386 g/mol. The fourth-order valence-corrected chi connectivity index (χ4v) is 2.83. The number of nitriles is 1. The SMILES string of the molecule is Cc1ncccc1C/C(=N\C#N)NC(NC(=O)Cc1ccc(Cl)cc1)C(C)(C)C. The molecule has 29 heavy (non-hydrogen) atoms. The number of hydrogen-bond donors (Lipinski definition) is 2. The summed E-state index contributed by atoms with van der Waals surface area (Å²) in [5.74, 6) is 0.351. The first-order valence-electron chi connectivity index (χ1n) is 9.35. The average molecular weight is 412 g/mol. The maximum absolute atomic E-state index is 12.6. The minimum atomic E-state index is -0.411. The van der Waals surface area contributed by atoms with Crippen molar-refractivity contribution in [3.63, 3.8) is 0 Å². The lowest BCUT2D eigenvalue weighted by molar-refractivity contribution is -0.122. The van der Waals surface area contributed by atoms with Crippen molar-refractivity contribution in [2.75, 3.05) is 0 Å². The van der Waals surface area contributed by atoms with E-state index in [0.29, 0.717) is 17.3 Å². The Bertz CT molecular complexity index is 910. The third-order valence-corrected chi connectivity index (χ3v) is 4.67. The van der Waals surface area contributed by atoms with Gasteiger partial charge in [0.2, 0.25) is 12.1 Å². The molecule has 0 fully saturated rings. The van der Waals surface area contributed by atoms with Gasteiger partial charge >= 0.3 is 0 Å². The number of amidine groups is 1. The number of halogens is 1. The van der Waals surface area contributed by atoms with Crippen LogP contribution in [0.2, 0.25) is 5.02 Å². The van der Waals surface area contributed by atoms with Crippen molar-refractivity contribution in [3.8, 4) is 6.19 Å². The maximum atomic E-state index is 12.6. The molecule has 1 unspecified atom stereocenters. The zero-order valence-corrected chi connectivity index (χ0v) is 17.9. The molecule has 1 atom stereocenters. The number of pyridine rings is 1. The predicted molar refractivity (Wildman–Crippen MR) is 115 cm³/mol. The first kappa shape index (κ1) is 22.4. The van der Waals surface area contributed by atoms with Gasteiger partial charge in [0.1, 0.15) is 12.0 Å². The Balaban J connectivity index is 2.12. The highest BCUT2D eigenvalue weighted by molar-refractivity contribution is 6.30. The predicted octanol–water partition coefficient (Wildman–Crippen LogP) is 3.79. The molecule has 1 amide bonds. The first-order valence-corrected chi connectivity index (χ1v) is 9.73. The Hall–Kier alpha value is -2.91. The number of benzene rings is 1. The molecule has 0 aliphatic carbocycles. The zero-order valence-electron chi connectivity index (χ0n) is 17.2. The van der Waals surface area contributed by atoms with E-state index in [1.165, 1.54) is 0 Å². The number of rotatable bonds is 6. The van der Waals surface area contributed by atoms with Gasteiger partial charge in [-0.15, -0.1) is 0 Å². The molecule has 0 aliphatic rings. The van der Waals surface area contributed by atoms with Crippen LogP contribution in [-0.2, 0) is 17.6 Å². The Morgan fingerprint density at radius 2 is 1.90 bits per heavy atom. The molecule has 1 heterocycles. The van der Waals surface area contributed by atoms with Crippen LogP contribution in [0.5, 0.6) is 0 Å². The average Bonchev–Trinajstić information content (AvgIpc) is 2.64. The fourth-order valence-electron chi connectivity index (χ4n) is 2.70. The van der Waals surface area contributed by atoms with Crippen LogP contribution < -0.4 is 10.6 Å². The Morgan fingerprint density at radius 1 is 1.21 bits per heavy atom. The molecule has 2 aromatic rings. The second-order valence-corrected chi connectivity index (χ2v) is 8.33. The molecule has 6 nitrogen and oxygen atoms in total. The molecule has 1 aromatic heterocycles. The molecule has 0 saturated carbocycles. The van der Waals surface area contributed by atoms with Gasteiger partial charge in [-0.25, -0.2) is 0 Å². The molecule has 0 radical (unpaired) electrons. The molecule has 7 heteroatoms. The standard InChI is InChI=1S/C22H26ClN5O/c1-15-17(6-5-11-25-15)13-19(26-14-24)27-21(22(2,3)4)28-20(29)12-16-7-9-18(23)10-8-16/h5-11,21H,12-13H2,1-4H3,(H,26,27)(H,28,29). The summed E-state index contributed by atoms with van der Waals surface area (Å²) in [4.78, 5) is 20.8. The third kappa shape index (κ3) is 7.20. The molecule has 0 bridgehead atoms. The number of carbonyl (C=O) groups excluding carboxylic acids is 1. The largest absolute Gasteiger partial charge is 0.352 e. The van der Waals surface area contributed by atoms with E-state index in [-0.39, 0.29) is 17.7 Å². The number of amides is 1. The molecule has 2 N–H and O–H groups in total. The number of carbonyl (C=O) groups is 1. The van der Waals surface area contributed by atoms with Gasteiger partial charge in [0.15, 0.2) is 0 Å². The van der Waals surface area contributed by atoms with Gasteiger partial charge in [0.25, 0.3) is 0 Å². The van der Waals surface area contributed by atoms with E-state index in [0.717, 1.165) is 16.8 Å². The van der Waals surface area contributed by atoms with Crippen molar-refractivity contribution < 1.29 is 4.79 Å². The fraction of sp³-hybridized carbons (Fsp3) is 0.364. The van der Waals surface area contributed by atoms with Crippen LogP contribution in [0.1, 0.15) is 37.6 Å². The van der Waals surface area contributed by atoms with Crippen molar-refractivity contribution in [2.24, 2.45) is 10.4 Å². The lowest BCUT2D eigenvalue weighted by atomic mass is 9.91. The van der Waals surface area contributed by atoms with Gasteiger partial charge in [-0.1, -0.05) is 50.6 Å². The minimum absolute atomic E-state index is 0.131. The number of nitrogens with one attached hydrogen (secondary N) is 2. The first-order chi connectivity index (χ1) is 13.7. The van der Waals surface area contributed by atoms with E-state index in [1.54, 1.807) is 18.3 Å². The van der Waals surface area contributed by atoms with Gasteiger partial charge in [0.05, 0.1) is 6.42 Å². The number of aryl methyl sites for hydroxylation is 1. The highest BCUT2D eigenvalue weighted by atomic mass is 35.5. The van der Waals surface area contributed by atoms with Gasteiger partial charge in [-0.05, 0) is 36.2 Å². The van der Waals surface area contributed by atoms with E-state index in [4.69, 9.17) is 16.9 Å². The molecule has 2 rings (SSSR count). The molecule has 0 aliphatic heterocycles. The second kappa shape index (κ2) is 10.0. The van der Waals surface area contributed by atoms with Crippen LogP contribution in [0.3, 0.4) is 0 Å². The Kier molecular flexibility index (Phi) is 7.74.